The molecule has 138 valence electrons. The minimum Gasteiger partial charge on any atom is -0.320 e. The van der Waals surface area contributed by atoms with Crippen LogP contribution in [0.2, 0.25) is 0 Å². The molecule has 10 heteroatoms. The highest BCUT2D eigenvalue weighted by molar-refractivity contribution is 7.99. The average molecular weight is 401 g/mol. The van der Waals surface area contributed by atoms with Crippen LogP contribution in [0.4, 0.5) is 11.4 Å². The Hall–Kier alpha value is -2.72. The van der Waals surface area contributed by atoms with Crippen LogP contribution in [0.3, 0.4) is 0 Å². The second-order valence-corrected chi connectivity index (χ2v) is 7.89. The summed E-state index contributed by atoms with van der Waals surface area (Å²) in [6, 6.07) is 10.4. The topological polar surface area (TPSA) is 103 Å². The summed E-state index contributed by atoms with van der Waals surface area (Å²) in [5, 5.41) is 24.9. The van der Waals surface area contributed by atoms with Gasteiger partial charge in [-0.05, 0) is 30.4 Å². The molecule has 1 aliphatic carbocycles. The SMILES string of the molecule is O=C(CSc1nnc(-c2cccs2)n1C1CC1)Nc1ccccc1[N+](=O)[O-]. The molecule has 0 unspecified atom stereocenters. The fourth-order valence-corrected chi connectivity index (χ4v) is 4.18. The van der Waals surface area contributed by atoms with Crippen molar-refractivity contribution in [3.8, 4) is 10.7 Å². The molecule has 0 atom stereocenters. The highest BCUT2D eigenvalue weighted by Crippen LogP contribution is 2.41. The van der Waals surface area contributed by atoms with Crippen LogP contribution in [0, 0.1) is 10.1 Å². The lowest BCUT2D eigenvalue weighted by Gasteiger charge is -2.08. The van der Waals surface area contributed by atoms with E-state index < -0.39 is 4.92 Å². The second-order valence-electron chi connectivity index (χ2n) is 6.00. The van der Waals surface area contributed by atoms with Gasteiger partial charge < -0.3 is 5.32 Å². The van der Waals surface area contributed by atoms with Gasteiger partial charge in [0.2, 0.25) is 5.91 Å². The second kappa shape index (κ2) is 7.49. The molecule has 1 saturated carbocycles. The quantitative estimate of drug-likeness (QED) is 0.365. The van der Waals surface area contributed by atoms with E-state index in [0.29, 0.717) is 11.2 Å². The Morgan fingerprint density at radius 2 is 2.11 bits per heavy atom. The number of hydrogen-bond acceptors (Lipinski definition) is 7. The molecule has 0 bridgehead atoms. The number of nitrogens with one attached hydrogen (secondary N) is 1. The molecular formula is C17H15N5O3S2. The number of anilines is 1. The molecule has 4 rings (SSSR count). The van der Waals surface area contributed by atoms with Crippen molar-refractivity contribution in [1.29, 1.82) is 0 Å². The number of para-hydroxylation sites is 2. The molecule has 2 aromatic heterocycles. The lowest BCUT2D eigenvalue weighted by Crippen LogP contribution is -2.15. The molecule has 3 aromatic rings. The van der Waals surface area contributed by atoms with E-state index >= 15 is 0 Å². The van der Waals surface area contributed by atoms with E-state index in [1.165, 1.54) is 23.9 Å². The first-order valence-electron chi connectivity index (χ1n) is 8.28. The Labute approximate surface area is 162 Å². The molecule has 1 aliphatic rings. The lowest BCUT2D eigenvalue weighted by atomic mass is 10.2. The maximum Gasteiger partial charge on any atom is 0.292 e. The highest BCUT2D eigenvalue weighted by atomic mass is 32.2. The summed E-state index contributed by atoms with van der Waals surface area (Å²) in [4.78, 5) is 23.9. The van der Waals surface area contributed by atoms with Crippen LogP contribution in [-0.4, -0.2) is 31.3 Å². The van der Waals surface area contributed by atoms with Crippen molar-refractivity contribution in [2.45, 2.75) is 24.0 Å². The van der Waals surface area contributed by atoms with Crippen LogP contribution in [0.5, 0.6) is 0 Å². The monoisotopic (exact) mass is 401 g/mol. The number of thiophene rings is 1. The van der Waals surface area contributed by atoms with Crippen LogP contribution in [0.25, 0.3) is 10.7 Å². The predicted molar refractivity (Wildman–Crippen MR) is 104 cm³/mol. The number of rotatable bonds is 7. The normalized spacial score (nSPS) is 13.5. The fourth-order valence-electron chi connectivity index (χ4n) is 2.67. The molecule has 0 radical (unpaired) electrons. The van der Waals surface area contributed by atoms with Gasteiger partial charge in [-0.25, -0.2) is 0 Å². The molecule has 0 aliphatic heterocycles. The summed E-state index contributed by atoms with van der Waals surface area (Å²) in [7, 11) is 0. The van der Waals surface area contributed by atoms with Crippen LogP contribution in [-0.2, 0) is 4.79 Å². The van der Waals surface area contributed by atoms with Crippen molar-refractivity contribution in [2.24, 2.45) is 0 Å². The molecule has 0 spiro atoms. The molecule has 1 N–H and O–H groups in total. The van der Waals surface area contributed by atoms with Gasteiger partial charge in [0.05, 0.1) is 15.6 Å². The molecular weight excluding hydrogens is 386 g/mol. The minimum absolute atomic E-state index is 0.0986. The number of aromatic nitrogens is 3. The van der Waals surface area contributed by atoms with Crippen molar-refractivity contribution in [1.82, 2.24) is 14.8 Å². The zero-order chi connectivity index (χ0) is 18.8. The number of nitro benzene ring substituents is 1. The molecule has 2 heterocycles. The van der Waals surface area contributed by atoms with Crippen LogP contribution in [0.1, 0.15) is 18.9 Å². The van der Waals surface area contributed by atoms with Gasteiger partial charge in [-0.15, -0.1) is 21.5 Å². The smallest absolute Gasteiger partial charge is 0.292 e. The summed E-state index contributed by atoms with van der Waals surface area (Å²) in [5.74, 6) is 0.605. The van der Waals surface area contributed by atoms with Crippen LogP contribution < -0.4 is 5.32 Å². The number of hydrogen-bond donors (Lipinski definition) is 1. The van der Waals surface area contributed by atoms with Crippen molar-refractivity contribution < 1.29 is 9.72 Å². The summed E-state index contributed by atoms with van der Waals surface area (Å²) in [5.41, 5.74) is 0.0630. The number of carbonyl (C=O) groups excluding carboxylic acids is 1. The van der Waals surface area contributed by atoms with E-state index in [4.69, 9.17) is 0 Å². The first-order chi connectivity index (χ1) is 13.1. The average Bonchev–Trinajstić information content (AvgIpc) is 3.18. The standard InChI is InChI=1S/C17H15N5O3S2/c23-15(18-12-4-1-2-5-13(12)22(24)25)10-27-17-20-19-16(14-6-3-9-26-14)21(17)11-7-8-11/h1-6,9,11H,7-8,10H2,(H,18,23). The van der Waals surface area contributed by atoms with Gasteiger partial charge in [-0.2, -0.15) is 0 Å². The number of nitro groups is 1. The van der Waals surface area contributed by atoms with Gasteiger partial charge in [0, 0.05) is 12.1 Å². The number of amides is 1. The molecule has 1 fully saturated rings. The molecule has 0 saturated heterocycles. The number of carbonyl (C=O) groups is 1. The van der Waals surface area contributed by atoms with Crippen molar-refractivity contribution in [2.75, 3.05) is 11.1 Å². The van der Waals surface area contributed by atoms with E-state index in [1.54, 1.807) is 23.5 Å². The number of nitrogens with zero attached hydrogens (tertiary/aromatic N) is 4. The van der Waals surface area contributed by atoms with Gasteiger partial charge in [0.15, 0.2) is 11.0 Å². The first-order valence-corrected chi connectivity index (χ1v) is 10.1. The third kappa shape index (κ3) is 3.86. The molecule has 1 amide bonds. The predicted octanol–water partition coefficient (Wildman–Crippen LogP) is 3.98. The third-order valence-corrected chi connectivity index (χ3v) is 5.83. The summed E-state index contributed by atoms with van der Waals surface area (Å²) >= 11 is 2.89. The Bertz CT molecular complexity index is 982. The van der Waals surface area contributed by atoms with Crippen LogP contribution >= 0.6 is 23.1 Å². The van der Waals surface area contributed by atoms with E-state index in [9.17, 15) is 14.9 Å². The van der Waals surface area contributed by atoms with Gasteiger partial charge in [-0.1, -0.05) is 30.0 Å². The van der Waals surface area contributed by atoms with Gasteiger partial charge in [-0.3, -0.25) is 19.5 Å². The summed E-state index contributed by atoms with van der Waals surface area (Å²) in [6.07, 6.45) is 2.15. The highest BCUT2D eigenvalue weighted by Gasteiger charge is 2.30. The van der Waals surface area contributed by atoms with E-state index in [1.807, 2.05) is 17.5 Å². The molecule has 8 nitrogen and oxygen atoms in total. The maximum absolute atomic E-state index is 12.3. The number of benzene rings is 1. The number of thioether (sulfide) groups is 1. The maximum atomic E-state index is 12.3. The summed E-state index contributed by atoms with van der Waals surface area (Å²) < 4.78 is 2.09. The Morgan fingerprint density at radius 1 is 1.30 bits per heavy atom. The Balaban J connectivity index is 1.47. The Morgan fingerprint density at radius 3 is 2.81 bits per heavy atom. The van der Waals surface area contributed by atoms with Gasteiger partial charge in [0.25, 0.3) is 5.69 Å². The van der Waals surface area contributed by atoms with Crippen molar-refractivity contribution in [3.63, 3.8) is 0 Å². The zero-order valence-electron chi connectivity index (χ0n) is 14.1. The van der Waals surface area contributed by atoms with E-state index in [2.05, 4.69) is 20.1 Å². The minimum atomic E-state index is -0.514. The van der Waals surface area contributed by atoms with Gasteiger partial charge in [0.1, 0.15) is 5.69 Å². The Kier molecular flexibility index (Phi) is 4.90. The van der Waals surface area contributed by atoms with E-state index in [0.717, 1.165) is 23.5 Å². The fraction of sp³-hybridized carbons (Fsp3) is 0.235. The van der Waals surface area contributed by atoms with Crippen molar-refractivity contribution in [3.05, 3.63) is 51.9 Å². The molecule has 27 heavy (non-hydrogen) atoms. The third-order valence-electron chi connectivity index (χ3n) is 4.03. The van der Waals surface area contributed by atoms with E-state index in [-0.39, 0.29) is 23.0 Å². The van der Waals surface area contributed by atoms with Crippen molar-refractivity contribution >= 4 is 40.4 Å². The largest absolute Gasteiger partial charge is 0.320 e. The zero-order valence-corrected chi connectivity index (χ0v) is 15.7. The molecule has 1 aromatic carbocycles. The summed E-state index contributed by atoms with van der Waals surface area (Å²) in [6.45, 7) is 0. The van der Waals surface area contributed by atoms with Crippen LogP contribution in [0.15, 0.2) is 46.9 Å². The lowest BCUT2D eigenvalue weighted by molar-refractivity contribution is -0.383. The first kappa shape index (κ1) is 17.7. The van der Waals surface area contributed by atoms with Gasteiger partial charge >= 0.3 is 0 Å².